The lowest BCUT2D eigenvalue weighted by Crippen LogP contribution is -2.30. The standard InChI is InChI=1S/C89H142O16P2/c1-4-7-10-13-16-19-22-25-28-31-33-35-37-39-40-41-42-44-46-47-49-52-54-57-60-63-66-69-72-75-87(92)99-78-84(90)79-101-106(95,96)102-80-85(91)81-103-107(97,98)104-83-86(105-89(94)77-74-71-68-65-62-59-56-51-30-27-24-21-18-15-12-9-6-3)82-100-88(93)76-73-70-67-64-61-58-55-53-50-48-45-43-38-36-34-32-29-26-23-20-17-14-11-8-5-2/h7-12,16-21,25-30,33-36,39-40,42-45,50,53,56,59,65,68,84-86,90-91H,4-6,13-15,22-24,31-32,37-38,41,46-49,51-52,54-55,57-58,60-64,66-67,69-83H2,1-3H3,(H,95,96)(H,97,98)/b10-7-,11-8-,12-9-,19-16-,20-17-,21-18-,28-25-,29-26-,30-27-,35-33-,36-34-,40-39-,44-42-,45-43-,53-50-,59-56-,68-65-. The van der Waals surface area contributed by atoms with Crippen LogP contribution in [0.25, 0.3) is 0 Å². The molecule has 0 aromatic carbocycles. The second-order valence-corrected chi connectivity index (χ2v) is 29.0. The molecule has 0 aromatic heterocycles. The quantitative estimate of drug-likeness (QED) is 0.0146. The second kappa shape index (κ2) is 79.7. The van der Waals surface area contributed by atoms with Gasteiger partial charge in [-0.3, -0.25) is 32.5 Å². The van der Waals surface area contributed by atoms with Crippen LogP contribution in [0.15, 0.2) is 207 Å². The number of aliphatic hydroxyl groups is 2. The maximum Gasteiger partial charge on any atom is 0.472 e. The van der Waals surface area contributed by atoms with Crippen LogP contribution in [-0.2, 0) is 55.8 Å². The zero-order valence-corrected chi connectivity index (χ0v) is 67.8. The van der Waals surface area contributed by atoms with Crippen molar-refractivity contribution in [3.8, 4) is 0 Å². The predicted molar refractivity (Wildman–Crippen MR) is 444 cm³/mol. The summed E-state index contributed by atoms with van der Waals surface area (Å²) in [6.45, 7) is 2.22. The third-order valence-corrected chi connectivity index (χ3v) is 17.9. The summed E-state index contributed by atoms with van der Waals surface area (Å²) in [5.41, 5.74) is 0. The Morgan fingerprint density at radius 2 is 0.477 bits per heavy atom. The highest BCUT2D eigenvalue weighted by Gasteiger charge is 2.29. The van der Waals surface area contributed by atoms with E-state index in [1.54, 1.807) is 0 Å². The molecule has 0 amide bonds. The van der Waals surface area contributed by atoms with Crippen LogP contribution in [0, 0.1) is 0 Å². The van der Waals surface area contributed by atoms with Gasteiger partial charge in [-0.2, -0.15) is 0 Å². The summed E-state index contributed by atoms with van der Waals surface area (Å²) in [4.78, 5) is 58.7. The molecule has 4 N–H and O–H groups in total. The number of ether oxygens (including phenoxy) is 3. The van der Waals surface area contributed by atoms with Crippen LogP contribution >= 0.6 is 15.6 Å². The predicted octanol–water partition coefficient (Wildman–Crippen LogP) is 24.1. The average Bonchev–Trinajstić information content (AvgIpc) is 0.908. The molecule has 0 rings (SSSR count). The van der Waals surface area contributed by atoms with Gasteiger partial charge in [0.15, 0.2) is 6.10 Å². The molecule has 0 aliphatic heterocycles. The molecule has 0 radical (unpaired) electrons. The minimum absolute atomic E-state index is 0.0142. The summed E-state index contributed by atoms with van der Waals surface area (Å²) >= 11 is 0. The Labute approximate surface area is 648 Å². The van der Waals surface area contributed by atoms with E-state index in [1.165, 1.54) is 32.1 Å². The highest BCUT2D eigenvalue weighted by molar-refractivity contribution is 7.47. The molecule has 0 spiro atoms. The Balaban J connectivity index is 4.67. The summed E-state index contributed by atoms with van der Waals surface area (Å²) < 4.78 is 61.1. The van der Waals surface area contributed by atoms with Crippen LogP contribution < -0.4 is 0 Å². The second-order valence-electron chi connectivity index (χ2n) is 26.1. The molecule has 0 bridgehead atoms. The van der Waals surface area contributed by atoms with E-state index < -0.39 is 91.5 Å². The molecule has 5 atom stereocenters. The van der Waals surface area contributed by atoms with E-state index in [2.05, 4.69) is 215 Å². The SMILES string of the molecule is CC/C=C\C/C=C\C/C=C\C/C=C\C/C=C\C/C=C\CCCCCCCCCCCCC(=O)OCC(O)COP(=O)(O)OCC(O)COP(=O)(O)OCC(COC(=O)CCCCCCCC/C=C\C/C=C\C/C=C\C/C=C\C/C=C\C/C=C\CC)OC(=O)CCC/C=C\C/C=C\C/C=C\C/C=C\C/C=C\CC. The van der Waals surface area contributed by atoms with Crippen molar-refractivity contribution < 1.29 is 75.8 Å². The van der Waals surface area contributed by atoms with Crippen molar-refractivity contribution in [2.75, 3.05) is 39.6 Å². The molecule has 5 unspecified atom stereocenters. The Bertz CT molecular complexity index is 2770. The number of hydrogen-bond donors (Lipinski definition) is 4. The zero-order chi connectivity index (χ0) is 78.0. The monoisotopic (exact) mass is 1530 g/mol. The number of rotatable bonds is 74. The van der Waals surface area contributed by atoms with Crippen LogP contribution in [0.4, 0.5) is 0 Å². The lowest BCUT2D eigenvalue weighted by Gasteiger charge is -2.21. The number of hydrogen-bond acceptors (Lipinski definition) is 14. The minimum atomic E-state index is -4.96. The summed E-state index contributed by atoms with van der Waals surface area (Å²) in [5.74, 6) is -1.68. The maximum atomic E-state index is 13.0. The molecule has 0 aliphatic carbocycles. The van der Waals surface area contributed by atoms with Crippen LogP contribution in [0.1, 0.15) is 278 Å². The molecule has 107 heavy (non-hydrogen) atoms. The van der Waals surface area contributed by atoms with Crippen molar-refractivity contribution in [3.63, 3.8) is 0 Å². The van der Waals surface area contributed by atoms with Crippen molar-refractivity contribution >= 4 is 33.6 Å². The molecule has 0 aliphatic rings. The van der Waals surface area contributed by atoms with Gasteiger partial charge in [0.2, 0.25) is 0 Å². The number of esters is 3. The molecule has 18 heteroatoms. The van der Waals surface area contributed by atoms with Crippen molar-refractivity contribution in [2.24, 2.45) is 0 Å². The first-order valence-electron chi connectivity index (χ1n) is 40.4. The fourth-order valence-corrected chi connectivity index (χ4v) is 11.6. The van der Waals surface area contributed by atoms with E-state index in [-0.39, 0.29) is 19.3 Å². The average molecular weight is 1530 g/mol. The van der Waals surface area contributed by atoms with Crippen molar-refractivity contribution in [1.29, 1.82) is 0 Å². The van der Waals surface area contributed by atoms with Crippen LogP contribution in [0.3, 0.4) is 0 Å². The molecule has 604 valence electrons. The van der Waals surface area contributed by atoms with Crippen LogP contribution in [-0.4, -0.2) is 95.9 Å². The zero-order valence-electron chi connectivity index (χ0n) is 66.0. The van der Waals surface area contributed by atoms with Crippen molar-refractivity contribution in [2.45, 2.75) is 296 Å². The first kappa shape index (κ1) is 101. The topological polar surface area (TPSA) is 231 Å². The number of phosphoric ester groups is 2. The lowest BCUT2D eigenvalue weighted by molar-refractivity contribution is -0.161. The first-order chi connectivity index (χ1) is 52.2. The van der Waals surface area contributed by atoms with Crippen molar-refractivity contribution in [3.05, 3.63) is 207 Å². The highest BCUT2D eigenvalue weighted by Crippen LogP contribution is 2.45. The van der Waals surface area contributed by atoms with E-state index in [1.807, 2.05) is 12.2 Å². The molecular formula is C89H142O16P2. The third-order valence-electron chi connectivity index (χ3n) is 16.0. The summed E-state index contributed by atoms with van der Waals surface area (Å²) in [6.07, 6.45) is 106. The van der Waals surface area contributed by atoms with Gasteiger partial charge in [0.05, 0.1) is 26.4 Å². The Hall–Kier alpha value is -5.87. The number of phosphoric acid groups is 2. The smallest absolute Gasteiger partial charge is 0.463 e. The Morgan fingerprint density at radius 1 is 0.262 bits per heavy atom. The van der Waals surface area contributed by atoms with E-state index >= 15 is 0 Å². The van der Waals surface area contributed by atoms with E-state index in [0.717, 1.165) is 180 Å². The van der Waals surface area contributed by atoms with E-state index in [9.17, 15) is 43.5 Å². The third kappa shape index (κ3) is 81.0. The fourth-order valence-electron chi connectivity index (χ4n) is 9.97. The summed E-state index contributed by atoms with van der Waals surface area (Å²) in [6, 6.07) is 0. The van der Waals surface area contributed by atoms with Gasteiger partial charge >= 0.3 is 33.6 Å². The number of carbonyl (C=O) groups is 3. The van der Waals surface area contributed by atoms with Gasteiger partial charge in [-0.05, 0) is 161 Å². The minimum Gasteiger partial charge on any atom is -0.463 e. The largest absolute Gasteiger partial charge is 0.472 e. The van der Waals surface area contributed by atoms with E-state index in [0.29, 0.717) is 25.7 Å². The number of unbranched alkanes of at least 4 members (excludes halogenated alkanes) is 17. The molecule has 0 aromatic rings. The van der Waals surface area contributed by atoms with E-state index in [4.69, 9.17) is 32.3 Å². The molecule has 16 nitrogen and oxygen atoms in total. The normalized spacial score (nSPS) is 15.0. The summed E-state index contributed by atoms with van der Waals surface area (Å²) in [7, 11) is -9.84. The van der Waals surface area contributed by atoms with Crippen LogP contribution in [0.2, 0.25) is 0 Å². The van der Waals surface area contributed by atoms with Gasteiger partial charge in [0, 0.05) is 19.3 Å². The lowest BCUT2D eigenvalue weighted by atomic mass is 10.1. The molecule has 0 saturated carbocycles. The molecular weight excluding hydrogens is 1390 g/mol. The van der Waals surface area contributed by atoms with Gasteiger partial charge in [-0.1, -0.05) is 304 Å². The summed E-state index contributed by atoms with van der Waals surface area (Å²) in [5, 5.41) is 20.7. The highest BCUT2D eigenvalue weighted by atomic mass is 31.2. The maximum absolute atomic E-state index is 13.0. The number of aliphatic hydroxyl groups excluding tert-OH is 2. The fraction of sp³-hybridized carbons (Fsp3) is 0.584. The van der Waals surface area contributed by atoms with Crippen LogP contribution in [0.5, 0.6) is 0 Å². The van der Waals surface area contributed by atoms with Gasteiger partial charge in [-0.25, -0.2) is 9.13 Å². The van der Waals surface area contributed by atoms with Gasteiger partial charge in [-0.15, -0.1) is 0 Å². The van der Waals surface area contributed by atoms with Gasteiger partial charge < -0.3 is 34.2 Å². The number of carbonyl (C=O) groups excluding carboxylic acids is 3. The van der Waals surface area contributed by atoms with Gasteiger partial charge in [0.1, 0.15) is 25.4 Å². The molecule has 0 heterocycles. The molecule has 0 saturated heterocycles. The van der Waals surface area contributed by atoms with Gasteiger partial charge in [0.25, 0.3) is 0 Å². The number of allylic oxidation sites excluding steroid dienone is 34. The molecule has 0 fully saturated rings. The Morgan fingerprint density at radius 3 is 0.766 bits per heavy atom. The van der Waals surface area contributed by atoms with Crippen molar-refractivity contribution in [1.82, 2.24) is 0 Å². The first-order valence-corrected chi connectivity index (χ1v) is 43.4. The Kier molecular flexibility index (Phi) is 75.3.